The second kappa shape index (κ2) is 10.5. The molecular weight excluding hydrogens is 419 g/mol. The number of amidine groups is 2. The third-order valence-corrected chi connectivity index (χ3v) is 3.48. The molecule has 4 nitrogen and oxygen atoms in total. The fraction of sp³-hybridized carbons (Fsp3) is 0.200. The number of hydrogen-bond donors (Lipinski definition) is 4. The Balaban J connectivity index is 0. The van der Waals surface area contributed by atoms with E-state index in [1.54, 1.807) is 12.1 Å². The zero-order valence-corrected chi connectivity index (χ0v) is 14.9. The Labute approximate surface area is 140 Å². The number of hydrogen-bond acceptors (Lipinski definition) is 4. The number of benzene rings is 1. The van der Waals surface area contributed by atoms with E-state index in [0.29, 0.717) is 17.1 Å². The zero-order valence-electron chi connectivity index (χ0n) is 9.81. The van der Waals surface area contributed by atoms with Gasteiger partial charge in [-0.1, -0.05) is 35.7 Å². The number of rotatable bonds is 4. The summed E-state index contributed by atoms with van der Waals surface area (Å²) in [5, 5.41) is 14.2. The third kappa shape index (κ3) is 7.81. The minimum atomic E-state index is -0.319. The minimum absolute atomic E-state index is 0. The average Bonchev–Trinajstić information content (AvgIpc) is 2.24. The van der Waals surface area contributed by atoms with Gasteiger partial charge in [0.15, 0.2) is 10.3 Å². The SMILES string of the molecule is Br.Br.N=C(N)SCc1cccc(F)c1CSC(=N)N. The normalized spacial score (nSPS) is 9.11. The van der Waals surface area contributed by atoms with Crippen LogP contribution in [0.4, 0.5) is 4.39 Å². The van der Waals surface area contributed by atoms with Crippen LogP contribution in [-0.4, -0.2) is 10.3 Å². The minimum Gasteiger partial charge on any atom is -0.379 e. The molecule has 0 atom stereocenters. The molecule has 108 valence electrons. The summed E-state index contributed by atoms with van der Waals surface area (Å²) in [6.45, 7) is 0. The molecule has 0 aliphatic rings. The number of halogens is 3. The summed E-state index contributed by atoms with van der Waals surface area (Å²) in [4.78, 5) is 0. The lowest BCUT2D eigenvalue weighted by Crippen LogP contribution is -2.07. The molecule has 1 rings (SSSR count). The van der Waals surface area contributed by atoms with Gasteiger partial charge >= 0.3 is 0 Å². The van der Waals surface area contributed by atoms with Gasteiger partial charge in [0.05, 0.1) is 0 Å². The van der Waals surface area contributed by atoms with Gasteiger partial charge < -0.3 is 11.5 Å². The lowest BCUT2D eigenvalue weighted by Gasteiger charge is -2.09. The molecule has 0 unspecified atom stereocenters. The molecule has 0 amide bonds. The highest BCUT2D eigenvalue weighted by Gasteiger charge is 2.09. The average molecular weight is 434 g/mol. The number of thioether (sulfide) groups is 2. The van der Waals surface area contributed by atoms with Gasteiger partial charge in [0.25, 0.3) is 0 Å². The van der Waals surface area contributed by atoms with Gasteiger partial charge in [0.1, 0.15) is 5.82 Å². The Morgan fingerprint density at radius 2 is 1.58 bits per heavy atom. The predicted octanol–water partition coefficient (Wildman–Crippen LogP) is 3.23. The molecule has 1 aromatic rings. The smallest absolute Gasteiger partial charge is 0.151 e. The van der Waals surface area contributed by atoms with E-state index in [0.717, 1.165) is 29.1 Å². The maximum atomic E-state index is 13.6. The van der Waals surface area contributed by atoms with Crippen LogP contribution in [0.2, 0.25) is 0 Å². The van der Waals surface area contributed by atoms with Crippen molar-refractivity contribution in [2.24, 2.45) is 11.5 Å². The summed E-state index contributed by atoms with van der Waals surface area (Å²) >= 11 is 2.22. The molecule has 19 heavy (non-hydrogen) atoms. The van der Waals surface area contributed by atoms with Crippen LogP contribution < -0.4 is 11.5 Å². The van der Waals surface area contributed by atoms with E-state index in [9.17, 15) is 4.39 Å². The van der Waals surface area contributed by atoms with E-state index in [-0.39, 0.29) is 50.1 Å². The van der Waals surface area contributed by atoms with Crippen LogP contribution in [0.25, 0.3) is 0 Å². The monoisotopic (exact) mass is 432 g/mol. The van der Waals surface area contributed by atoms with Crippen molar-refractivity contribution in [1.82, 2.24) is 0 Å². The third-order valence-electron chi connectivity index (χ3n) is 1.97. The van der Waals surface area contributed by atoms with Crippen molar-refractivity contribution >= 4 is 67.8 Å². The molecule has 0 saturated heterocycles. The largest absolute Gasteiger partial charge is 0.379 e. The summed E-state index contributed by atoms with van der Waals surface area (Å²) < 4.78 is 13.6. The summed E-state index contributed by atoms with van der Waals surface area (Å²) in [5.41, 5.74) is 11.8. The summed E-state index contributed by atoms with van der Waals surface area (Å²) in [7, 11) is 0. The second-order valence-electron chi connectivity index (χ2n) is 3.18. The molecule has 0 heterocycles. The molecule has 0 saturated carbocycles. The zero-order chi connectivity index (χ0) is 12.8. The van der Waals surface area contributed by atoms with Crippen LogP contribution >= 0.6 is 57.5 Å². The standard InChI is InChI=1S/C10H13FN4S2.2BrH/c11-8-3-1-2-6(4-16-9(12)13)7(8)5-17-10(14)15;;/h1-3H,4-5H2,(H3,12,13)(H3,14,15);2*1H. The van der Waals surface area contributed by atoms with Crippen molar-refractivity contribution in [1.29, 1.82) is 10.8 Å². The predicted molar refractivity (Wildman–Crippen MR) is 93.5 cm³/mol. The summed E-state index contributed by atoms with van der Waals surface area (Å²) in [5.74, 6) is 0.442. The molecule has 0 radical (unpaired) electrons. The number of nitrogens with one attached hydrogen (secondary N) is 2. The lowest BCUT2D eigenvalue weighted by atomic mass is 10.1. The van der Waals surface area contributed by atoms with Crippen molar-refractivity contribution in [3.8, 4) is 0 Å². The Bertz CT molecular complexity index is 446. The van der Waals surface area contributed by atoms with Gasteiger partial charge in [-0.05, 0) is 11.6 Å². The van der Waals surface area contributed by atoms with E-state index in [1.807, 2.05) is 0 Å². The molecule has 0 aliphatic carbocycles. The Hall–Kier alpha value is -0.250. The molecule has 1 aromatic carbocycles. The first-order valence-corrected chi connectivity index (χ1v) is 6.67. The second-order valence-corrected chi connectivity index (χ2v) is 5.22. The molecule has 6 N–H and O–H groups in total. The van der Waals surface area contributed by atoms with Crippen LogP contribution in [0.1, 0.15) is 11.1 Å². The molecule has 0 bridgehead atoms. The fourth-order valence-electron chi connectivity index (χ4n) is 1.21. The van der Waals surface area contributed by atoms with E-state index >= 15 is 0 Å². The van der Waals surface area contributed by atoms with Gasteiger partial charge in [-0.25, -0.2) is 4.39 Å². The maximum absolute atomic E-state index is 13.6. The van der Waals surface area contributed by atoms with Crippen molar-refractivity contribution in [2.45, 2.75) is 11.5 Å². The maximum Gasteiger partial charge on any atom is 0.151 e. The molecule has 9 heteroatoms. The van der Waals surface area contributed by atoms with Crippen LogP contribution in [0.15, 0.2) is 18.2 Å². The molecule has 0 spiro atoms. The Morgan fingerprint density at radius 3 is 2.11 bits per heavy atom. The van der Waals surface area contributed by atoms with Crippen LogP contribution in [-0.2, 0) is 11.5 Å². The van der Waals surface area contributed by atoms with Gasteiger partial charge in [-0.3, -0.25) is 10.8 Å². The fourth-order valence-corrected chi connectivity index (χ4v) is 2.41. The van der Waals surface area contributed by atoms with Crippen LogP contribution in [0.3, 0.4) is 0 Å². The Kier molecular flexibility index (Phi) is 11.7. The highest BCUT2D eigenvalue weighted by molar-refractivity contribution is 8.93. The lowest BCUT2D eigenvalue weighted by molar-refractivity contribution is 0.615. The quantitative estimate of drug-likeness (QED) is 0.432. The van der Waals surface area contributed by atoms with E-state index in [1.165, 1.54) is 6.07 Å². The van der Waals surface area contributed by atoms with Crippen LogP contribution in [0, 0.1) is 16.6 Å². The van der Waals surface area contributed by atoms with Crippen molar-refractivity contribution < 1.29 is 4.39 Å². The van der Waals surface area contributed by atoms with Crippen molar-refractivity contribution in [2.75, 3.05) is 0 Å². The van der Waals surface area contributed by atoms with Crippen LogP contribution in [0.5, 0.6) is 0 Å². The van der Waals surface area contributed by atoms with E-state index in [2.05, 4.69) is 0 Å². The molecule has 0 aliphatic heterocycles. The van der Waals surface area contributed by atoms with Gasteiger partial charge in [-0.15, -0.1) is 34.0 Å². The van der Waals surface area contributed by atoms with Gasteiger partial charge in [-0.2, -0.15) is 0 Å². The highest BCUT2D eigenvalue weighted by Crippen LogP contribution is 2.23. The first-order chi connectivity index (χ1) is 8.00. The first-order valence-electron chi connectivity index (χ1n) is 4.70. The van der Waals surface area contributed by atoms with Crippen molar-refractivity contribution in [3.05, 3.63) is 35.1 Å². The summed E-state index contributed by atoms with van der Waals surface area (Å²) in [6, 6.07) is 4.78. The van der Waals surface area contributed by atoms with Crippen molar-refractivity contribution in [3.63, 3.8) is 0 Å². The van der Waals surface area contributed by atoms with E-state index < -0.39 is 0 Å². The first kappa shape index (κ1) is 21.1. The molecular formula is C10H15Br2FN4S2. The van der Waals surface area contributed by atoms with Gasteiger partial charge in [0.2, 0.25) is 0 Å². The Morgan fingerprint density at radius 1 is 1.05 bits per heavy atom. The van der Waals surface area contributed by atoms with E-state index in [4.69, 9.17) is 22.3 Å². The summed E-state index contributed by atoms with van der Waals surface area (Å²) in [6.07, 6.45) is 0. The topological polar surface area (TPSA) is 99.7 Å². The molecule has 0 fully saturated rings. The highest BCUT2D eigenvalue weighted by atomic mass is 79.9. The molecule has 0 aromatic heterocycles. The number of nitrogens with two attached hydrogens (primary N) is 2. The van der Waals surface area contributed by atoms with Gasteiger partial charge in [0, 0.05) is 17.1 Å².